The SMILES string of the molecule is FC(F)(F)C1(C(F)(F)F)CCCCN1. The lowest BCUT2D eigenvalue weighted by molar-refractivity contribution is -0.312. The Labute approximate surface area is 76.5 Å². The summed E-state index contributed by atoms with van der Waals surface area (Å²) in [4.78, 5) is 0. The monoisotopic (exact) mass is 221 g/mol. The van der Waals surface area contributed by atoms with E-state index in [0.717, 1.165) is 0 Å². The third-order valence-corrected chi connectivity index (χ3v) is 2.37. The molecule has 84 valence electrons. The minimum Gasteiger partial charge on any atom is -0.296 e. The minimum absolute atomic E-state index is 0.0635. The highest BCUT2D eigenvalue weighted by atomic mass is 19.4. The van der Waals surface area contributed by atoms with Crippen molar-refractivity contribution in [3.8, 4) is 0 Å². The molecule has 0 atom stereocenters. The molecule has 0 spiro atoms. The Hall–Kier alpha value is -0.460. The molecule has 0 aliphatic carbocycles. The van der Waals surface area contributed by atoms with Crippen molar-refractivity contribution in [1.29, 1.82) is 0 Å². The molecule has 1 saturated heterocycles. The van der Waals surface area contributed by atoms with Crippen LogP contribution in [0.4, 0.5) is 26.3 Å². The van der Waals surface area contributed by atoms with E-state index in [1.165, 1.54) is 0 Å². The van der Waals surface area contributed by atoms with Gasteiger partial charge in [0, 0.05) is 0 Å². The van der Waals surface area contributed by atoms with E-state index >= 15 is 0 Å². The van der Waals surface area contributed by atoms with E-state index in [1.807, 2.05) is 0 Å². The molecule has 0 aromatic carbocycles. The van der Waals surface area contributed by atoms with Gasteiger partial charge in [0.2, 0.25) is 5.54 Å². The molecule has 1 heterocycles. The maximum atomic E-state index is 12.3. The predicted octanol–water partition coefficient (Wildman–Crippen LogP) is 2.62. The van der Waals surface area contributed by atoms with Gasteiger partial charge in [-0.25, -0.2) is 0 Å². The molecule has 1 aliphatic rings. The van der Waals surface area contributed by atoms with Gasteiger partial charge < -0.3 is 0 Å². The van der Waals surface area contributed by atoms with Crippen LogP contribution in [0.1, 0.15) is 19.3 Å². The second kappa shape index (κ2) is 3.29. The first kappa shape index (κ1) is 11.6. The van der Waals surface area contributed by atoms with Crippen molar-refractivity contribution in [3.05, 3.63) is 0 Å². The number of alkyl halides is 6. The van der Waals surface area contributed by atoms with Gasteiger partial charge in [0.1, 0.15) is 0 Å². The number of hydrogen-bond acceptors (Lipinski definition) is 1. The smallest absolute Gasteiger partial charge is 0.296 e. The van der Waals surface area contributed by atoms with Gasteiger partial charge in [-0.2, -0.15) is 26.3 Å². The van der Waals surface area contributed by atoms with Crippen LogP contribution in [0.15, 0.2) is 0 Å². The van der Waals surface area contributed by atoms with Crippen LogP contribution in [0, 0.1) is 0 Å². The molecule has 1 N–H and O–H groups in total. The van der Waals surface area contributed by atoms with E-state index in [-0.39, 0.29) is 13.0 Å². The molecule has 0 unspecified atom stereocenters. The van der Waals surface area contributed by atoms with Gasteiger partial charge in [-0.3, -0.25) is 5.32 Å². The summed E-state index contributed by atoms with van der Waals surface area (Å²) >= 11 is 0. The molecule has 0 bridgehead atoms. The first-order valence-electron chi connectivity index (χ1n) is 4.09. The third-order valence-electron chi connectivity index (χ3n) is 2.37. The molecule has 0 aromatic heterocycles. The second-order valence-corrected chi connectivity index (χ2v) is 3.28. The summed E-state index contributed by atoms with van der Waals surface area (Å²) in [5.41, 5.74) is -3.70. The fourth-order valence-electron chi connectivity index (χ4n) is 1.55. The molecular formula is C7H9F6N. The van der Waals surface area contributed by atoms with E-state index in [9.17, 15) is 26.3 Å². The average Bonchev–Trinajstić information content (AvgIpc) is 2.02. The summed E-state index contributed by atoms with van der Waals surface area (Å²) < 4.78 is 73.9. The molecule has 0 saturated carbocycles. The maximum Gasteiger partial charge on any atom is 0.415 e. The minimum atomic E-state index is -5.29. The van der Waals surface area contributed by atoms with E-state index in [4.69, 9.17) is 0 Å². The Balaban J connectivity index is 3.01. The van der Waals surface area contributed by atoms with Crippen LogP contribution in [-0.2, 0) is 0 Å². The molecule has 1 aliphatic heterocycles. The zero-order valence-electron chi connectivity index (χ0n) is 7.10. The zero-order chi connectivity index (χ0) is 11.0. The normalized spacial score (nSPS) is 23.6. The molecular weight excluding hydrogens is 212 g/mol. The van der Waals surface area contributed by atoms with Crippen molar-refractivity contribution in [3.63, 3.8) is 0 Å². The average molecular weight is 221 g/mol. The van der Waals surface area contributed by atoms with Crippen LogP contribution in [0.3, 0.4) is 0 Å². The Morgan fingerprint density at radius 2 is 1.36 bits per heavy atom. The summed E-state index contributed by atoms with van der Waals surface area (Å²) in [6, 6.07) is 0. The molecule has 1 nitrogen and oxygen atoms in total. The highest BCUT2D eigenvalue weighted by molar-refractivity contribution is 5.03. The van der Waals surface area contributed by atoms with Gasteiger partial charge in [-0.05, 0) is 25.8 Å². The number of nitrogens with one attached hydrogen (secondary N) is 1. The fraction of sp³-hybridized carbons (Fsp3) is 1.00. The molecule has 0 aromatic rings. The Morgan fingerprint density at radius 3 is 1.57 bits per heavy atom. The molecule has 0 radical (unpaired) electrons. The summed E-state index contributed by atoms with van der Waals surface area (Å²) in [7, 11) is 0. The molecule has 0 amide bonds. The Bertz CT molecular complexity index is 183. The number of halogens is 6. The summed E-state index contributed by atoms with van der Waals surface area (Å²) in [5, 5.41) is 1.56. The topological polar surface area (TPSA) is 12.0 Å². The third kappa shape index (κ3) is 1.69. The lowest BCUT2D eigenvalue weighted by Crippen LogP contribution is -2.67. The van der Waals surface area contributed by atoms with Crippen LogP contribution in [0.25, 0.3) is 0 Å². The Morgan fingerprint density at radius 1 is 0.857 bits per heavy atom. The summed E-state index contributed by atoms with van der Waals surface area (Å²) in [6.07, 6.45) is -11.2. The van der Waals surface area contributed by atoms with Gasteiger partial charge in [0.25, 0.3) is 0 Å². The van der Waals surface area contributed by atoms with Crippen molar-refractivity contribution < 1.29 is 26.3 Å². The van der Waals surface area contributed by atoms with Crippen molar-refractivity contribution in [2.75, 3.05) is 6.54 Å². The summed E-state index contributed by atoms with van der Waals surface area (Å²) in [5.74, 6) is 0. The number of piperidine rings is 1. The van der Waals surface area contributed by atoms with E-state index in [2.05, 4.69) is 0 Å². The highest BCUT2D eigenvalue weighted by Crippen LogP contribution is 2.47. The summed E-state index contributed by atoms with van der Waals surface area (Å²) in [6.45, 7) is -0.251. The first-order valence-corrected chi connectivity index (χ1v) is 4.09. The van der Waals surface area contributed by atoms with E-state index in [0.29, 0.717) is 6.42 Å². The van der Waals surface area contributed by atoms with Gasteiger partial charge in [0.15, 0.2) is 0 Å². The first-order chi connectivity index (χ1) is 6.21. The van der Waals surface area contributed by atoms with Crippen molar-refractivity contribution >= 4 is 0 Å². The van der Waals surface area contributed by atoms with Gasteiger partial charge >= 0.3 is 12.4 Å². The van der Waals surface area contributed by atoms with Crippen LogP contribution >= 0.6 is 0 Å². The van der Waals surface area contributed by atoms with Crippen LogP contribution < -0.4 is 5.32 Å². The Kier molecular flexibility index (Phi) is 2.73. The van der Waals surface area contributed by atoms with Crippen molar-refractivity contribution in [2.24, 2.45) is 0 Å². The predicted molar refractivity (Wildman–Crippen MR) is 36.7 cm³/mol. The van der Waals surface area contributed by atoms with E-state index < -0.39 is 24.3 Å². The molecule has 14 heavy (non-hydrogen) atoms. The van der Waals surface area contributed by atoms with Crippen molar-refractivity contribution in [1.82, 2.24) is 5.32 Å². The van der Waals surface area contributed by atoms with Crippen LogP contribution in [-0.4, -0.2) is 24.4 Å². The second-order valence-electron chi connectivity index (χ2n) is 3.28. The molecule has 7 heteroatoms. The van der Waals surface area contributed by atoms with Gasteiger partial charge in [0.05, 0.1) is 0 Å². The van der Waals surface area contributed by atoms with Gasteiger partial charge in [-0.15, -0.1) is 0 Å². The van der Waals surface area contributed by atoms with Gasteiger partial charge in [-0.1, -0.05) is 0 Å². The number of hydrogen-bond donors (Lipinski definition) is 1. The highest BCUT2D eigenvalue weighted by Gasteiger charge is 2.70. The lowest BCUT2D eigenvalue weighted by atomic mass is 9.87. The lowest BCUT2D eigenvalue weighted by Gasteiger charge is -2.40. The fourth-order valence-corrected chi connectivity index (χ4v) is 1.55. The quantitative estimate of drug-likeness (QED) is 0.620. The number of rotatable bonds is 0. The largest absolute Gasteiger partial charge is 0.415 e. The maximum absolute atomic E-state index is 12.3. The molecule has 1 fully saturated rings. The van der Waals surface area contributed by atoms with Crippen LogP contribution in [0.5, 0.6) is 0 Å². The standard InChI is InChI=1S/C7H9F6N/c8-6(9,10)5(7(11,12)13)3-1-2-4-14-5/h14H,1-4H2. The van der Waals surface area contributed by atoms with Crippen molar-refractivity contribution in [2.45, 2.75) is 37.2 Å². The molecule has 1 rings (SSSR count). The van der Waals surface area contributed by atoms with Crippen LogP contribution in [0.2, 0.25) is 0 Å². The van der Waals surface area contributed by atoms with E-state index in [1.54, 1.807) is 5.32 Å². The zero-order valence-corrected chi connectivity index (χ0v) is 7.10.